The minimum Gasteiger partial charge on any atom is -0.354 e. The number of fused-ring (bicyclic) bond motifs is 1. The van der Waals surface area contributed by atoms with Crippen molar-refractivity contribution in [1.82, 2.24) is 15.3 Å². The van der Waals surface area contributed by atoms with E-state index in [1.54, 1.807) is 0 Å². The molecule has 0 radical (unpaired) electrons. The Balaban J connectivity index is 1.64. The van der Waals surface area contributed by atoms with Crippen LogP contribution in [0, 0.1) is 0 Å². The van der Waals surface area contributed by atoms with Crippen molar-refractivity contribution in [3.63, 3.8) is 0 Å². The van der Waals surface area contributed by atoms with Gasteiger partial charge in [0.25, 0.3) is 0 Å². The van der Waals surface area contributed by atoms with Crippen LogP contribution in [0.25, 0.3) is 11.0 Å². The summed E-state index contributed by atoms with van der Waals surface area (Å²) in [5, 5.41) is 6.89. The van der Waals surface area contributed by atoms with E-state index in [4.69, 9.17) is 0 Å². The van der Waals surface area contributed by atoms with Crippen molar-refractivity contribution in [3.8, 4) is 0 Å². The van der Waals surface area contributed by atoms with Gasteiger partial charge in [0.05, 0.1) is 11.0 Å². The zero-order chi connectivity index (χ0) is 11.5. The van der Waals surface area contributed by atoms with Gasteiger partial charge in [0, 0.05) is 12.6 Å². The molecule has 1 aromatic heterocycles. The summed E-state index contributed by atoms with van der Waals surface area (Å²) < 4.78 is 0. The van der Waals surface area contributed by atoms with Gasteiger partial charge in [0.1, 0.15) is 0 Å². The topological polar surface area (TPSA) is 52.7 Å². The van der Waals surface area contributed by atoms with E-state index in [2.05, 4.69) is 20.6 Å². The molecular formula is C13H18N4. The van der Waals surface area contributed by atoms with Crippen LogP contribution < -0.4 is 10.6 Å². The van der Waals surface area contributed by atoms with Gasteiger partial charge in [-0.1, -0.05) is 18.6 Å². The molecule has 4 heteroatoms. The van der Waals surface area contributed by atoms with Crippen molar-refractivity contribution >= 4 is 17.0 Å². The SMILES string of the molecule is c1ccc2[nH]c(NC[C@@H]3CCCCN3)nc2c1. The number of para-hydroxylation sites is 2. The molecule has 2 aromatic rings. The van der Waals surface area contributed by atoms with Crippen molar-refractivity contribution in [3.05, 3.63) is 24.3 Å². The second kappa shape index (κ2) is 4.75. The van der Waals surface area contributed by atoms with Crippen molar-refractivity contribution in [1.29, 1.82) is 0 Å². The van der Waals surface area contributed by atoms with Crippen LogP contribution in [0.3, 0.4) is 0 Å². The normalized spacial score (nSPS) is 20.6. The number of nitrogens with zero attached hydrogens (tertiary/aromatic N) is 1. The summed E-state index contributed by atoms with van der Waals surface area (Å²) in [4.78, 5) is 7.79. The number of aromatic nitrogens is 2. The molecule has 2 heterocycles. The monoisotopic (exact) mass is 230 g/mol. The maximum absolute atomic E-state index is 4.50. The molecule has 1 atom stereocenters. The Bertz CT molecular complexity index is 452. The molecule has 17 heavy (non-hydrogen) atoms. The van der Waals surface area contributed by atoms with Gasteiger partial charge in [0.2, 0.25) is 5.95 Å². The highest BCUT2D eigenvalue weighted by atomic mass is 15.1. The molecule has 0 saturated carbocycles. The zero-order valence-electron chi connectivity index (χ0n) is 9.87. The number of nitrogens with one attached hydrogen (secondary N) is 3. The molecule has 0 spiro atoms. The van der Waals surface area contributed by atoms with Crippen LogP contribution in [0.5, 0.6) is 0 Å². The summed E-state index contributed by atoms with van der Waals surface area (Å²) in [6.45, 7) is 2.09. The van der Waals surface area contributed by atoms with E-state index in [9.17, 15) is 0 Å². The van der Waals surface area contributed by atoms with Gasteiger partial charge in [-0.2, -0.15) is 0 Å². The number of rotatable bonds is 3. The van der Waals surface area contributed by atoms with E-state index in [0.717, 1.165) is 30.1 Å². The number of imidazole rings is 1. The minimum atomic E-state index is 0.581. The summed E-state index contributed by atoms with van der Waals surface area (Å²) >= 11 is 0. The van der Waals surface area contributed by atoms with Crippen LogP contribution >= 0.6 is 0 Å². The molecule has 4 nitrogen and oxygen atoms in total. The quantitative estimate of drug-likeness (QED) is 0.757. The highest BCUT2D eigenvalue weighted by molar-refractivity contribution is 5.77. The summed E-state index contributed by atoms with van der Waals surface area (Å²) in [5.41, 5.74) is 2.11. The van der Waals surface area contributed by atoms with Crippen molar-refractivity contribution in [2.24, 2.45) is 0 Å². The van der Waals surface area contributed by atoms with E-state index in [1.165, 1.54) is 19.3 Å². The third-order valence-corrected chi connectivity index (χ3v) is 3.32. The third-order valence-electron chi connectivity index (χ3n) is 3.32. The van der Waals surface area contributed by atoms with Crippen LogP contribution in [0.4, 0.5) is 5.95 Å². The summed E-state index contributed by atoms with van der Waals surface area (Å²) in [7, 11) is 0. The van der Waals surface area contributed by atoms with Gasteiger partial charge in [-0.3, -0.25) is 0 Å². The second-order valence-corrected chi connectivity index (χ2v) is 4.63. The molecule has 3 rings (SSSR count). The molecule has 0 aliphatic carbocycles. The number of piperidine rings is 1. The van der Waals surface area contributed by atoms with Crippen molar-refractivity contribution in [2.75, 3.05) is 18.4 Å². The highest BCUT2D eigenvalue weighted by Crippen LogP contribution is 2.14. The van der Waals surface area contributed by atoms with Gasteiger partial charge >= 0.3 is 0 Å². The van der Waals surface area contributed by atoms with E-state index >= 15 is 0 Å². The highest BCUT2D eigenvalue weighted by Gasteiger charge is 2.12. The maximum atomic E-state index is 4.50. The number of hydrogen-bond donors (Lipinski definition) is 3. The molecule has 1 saturated heterocycles. The molecule has 1 aliphatic heterocycles. The predicted molar refractivity (Wildman–Crippen MR) is 70.2 cm³/mol. The average molecular weight is 230 g/mol. The Kier molecular flexibility index (Phi) is 2.96. The van der Waals surface area contributed by atoms with Crippen LogP contribution in [-0.2, 0) is 0 Å². The Labute approximate surface area is 101 Å². The number of hydrogen-bond acceptors (Lipinski definition) is 3. The van der Waals surface area contributed by atoms with Gasteiger partial charge in [0.15, 0.2) is 0 Å². The standard InChI is InChI=1S/C13H18N4/c1-2-7-12-11(6-1)16-13(17-12)15-9-10-5-3-4-8-14-10/h1-2,6-7,10,14H,3-5,8-9H2,(H2,15,16,17)/t10-/m0/s1. The second-order valence-electron chi connectivity index (χ2n) is 4.63. The first-order valence-electron chi connectivity index (χ1n) is 6.34. The number of anilines is 1. The van der Waals surface area contributed by atoms with Gasteiger partial charge < -0.3 is 15.6 Å². The zero-order valence-corrected chi connectivity index (χ0v) is 9.87. The molecule has 1 aromatic carbocycles. The molecule has 0 unspecified atom stereocenters. The molecule has 1 aliphatic rings. The molecular weight excluding hydrogens is 212 g/mol. The van der Waals surface area contributed by atoms with Crippen molar-refractivity contribution in [2.45, 2.75) is 25.3 Å². The molecule has 1 fully saturated rings. The van der Waals surface area contributed by atoms with Crippen LogP contribution in [0.2, 0.25) is 0 Å². The van der Waals surface area contributed by atoms with E-state index in [-0.39, 0.29) is 0 Å². The lowest BCUT2D eigenvalue weighted by Gasteiger charge is -2.23. The van der Waals surface area contributed by atoms with Crippen LogP contribution in [0.1, 0.15) is 19.3 Å². The van der Waals surface area contributed by atoms with Gasteiger partial charge in [-0.05, 0) is 31.5 Å². The fraction of sp³-hybridized carbons (Fsp3) is 0.462. The Morgan fingerprint density at radius 3 is 3.06 bits per heavy atom. The lowest BCUT2D eigenvalue weighted by Crippen LogP contribution is -2.39. The predicted octanol–water partition coefficient (Wildman–Crippen LogP) is 2.12. The average Bonchev–Trinajstić information content (AvgIpc) is 2.80. The summed E-state index contributed by atoms with van der Waals surface area (Å²) in [6, 6.07) is 8.68. The van der Waals surface area contributed by atoms with Gasteiger partial charge in [-0.15, -0.1) is 0 Å². The first kappa shape index (κ1) is 10.6. The summed E-state index contributed by atoms with van der Waals surface area (Å²) in [5.74, 6) is 0.874. The number of H-pyrrole nitrogens is 1. The lowest BCUT2D eigenvalue weighted by molar-refractivity contribution is 0.414. The van der Waals surface area contributed by atoms with Gasteiger partial charge in [-0.25, -0.2) is 4.98 Å². The molecule has 90 valence electrons. The van der Waals surface area contributed by atoms with E-state index < -0.39 is 0 Å². The smallest absolute Gasteiger partial charge is 0.201 e. The Morgan fingerprint density at radius 1 is 1.29 bits per heavy atom. The van der Waals surface area contributed by atoms with Crippen LogP contribution in [0.15, 0.2) is 24.3 Å². The minimum absolute atomic E-state index is 0.581. The fourth-order valence-corrected chi connectivity index (χ4v) is 2.35. The van der Waals surface area contributed by atoms with E-state index in [1.807, 2.05) is 24.3 Å². The fourth-order valence-electron chi connectivity index (χ4n) is 2.35. The van der Waals surface area contributed by atoms with Crippen LogP contribution in [-0.4, -0.2) is 29.1 Å². The number of benzene rings is 1. The first-order chi connectivity index (χ1) is 8.42. The van der Waals surface area contributed by atoms with Crippen molar-refractivity contribution < 1.29 is 0 Å². The van der Waals surface area contributed by atoms with E-state index in [0.29, 0.717) is 6.04 Å². The molecule has 0 amide bonds. The Hall–Kier alpha value is -1.55. The number of aromatic amines is 1. The Morgan fingerprint density at radius 2 is 2.24 bits per heavy atom. The summed E-state index contributed by atoms with van der Waals surface area (Å²) in [6.07, 6.45) is 3.90. The molecule has 3 N–H and O–H groups in total. The maximum Gasteiger partial charge on any atom is 0.201 e. The molecule has 0 bridgehead atoms. The first-order valence-corrected chi connectivity index (χ1v) is 6.34. The third kappa shape index (κ3) is 2.42. The largest absolute Gasteiger partial charge is 0.354 e. The lowest BCUT2D eigenvalue weighted by atomic mass is 10.1.